The second-order valence-electron chi connectivity index (χ2n) is 5.08. The highest BCUT2D eigenvalue weighted by molar-refractivity contribution is 7.14. The van der Waals surface area contributed by atoms with E-state index >= 15 is 0 Å². The molecular formula is C16H21N3O3S. The molecule has 0 radical (unpaired) electrons. The Morgan fingerprint density at radius 3 is 2.87 bits per heavy atom. The summed E-state index contributed by atoms with van der Waals surface area (Å²) >= 11 is 1.30. The Morgan fingerprint density at radius 2 is 2.22 bits per heavy atom. The van der Waals surface area contributed by atoms with Gasteiger partial charge in [-0.1, -0.05) is 13.3 Å². The second kappa shape index (κ2) is 8.47. The first-order valence-electron chi connectivity index (χ1n) is 7.71. The second-order valence-corrected chi connectivity index (χ2v) is 5.94. The average molecular weight is 335 g/mol. The molecule has 2 aromatic rings. The Balaban J connectivity index is 1.91. The van der Waals surface area contributed by atoms with Crippen LogP contribution in [0, 0.1) is 0 Å². The molecule has 0 atom stereocenters. The predicted molar refractivity (Wildman–Crippen MR) is 89.6 cm³/mol. The van der Waals surface area contributed by atoms with Gasteiger partial charge in [-0.2, -0.15) is 0 Å². The SMILES string of the molecule is CCCCN(CC)C(=O)Cc1csc(NC(=O)c2ccco2)n1. The number of nitrogens with zero attached hydrogens (tertiary/aromatic N) is 2. The number of hydrogen-bond acceptors (Lipinski definition) is 5. The van der Waals surface area contributed by atoms with Crippen LogP contribution in [0.25, 0.3) is 0 Å². The Kier molecular flexibility index (Phi) is 6.34. The first kappa shape index (κ1) is 17.2. The molecule has 0 aliphatic heterocycles. The number of nitrogens with one attached hydrogen (secondary N) is 1. The number of carbonyl (C=O) groups excluding carboxylic acids is 2. The zero-order valence-corrected chi connectivity index (χ0v) is 14.2. The molecule has 0 saturated heterocycles. The van der Waals surface area contributed by atoms with E-state index in [1.54, 1.807) is 17.5 Å². The third-order valence-corrected chi connectivity index (χ3v) is 4.17. The number of likely N-dealkylation sites (N-methyl/N-ethyl adjacent to an activating group) is 1. The van der Waals surface area contributed by atoms with Crippen LogP contribution in [0.3, 0.4) is 0 Å². The van der Waals surface area contributed by atoms with Crippen molar-refractivity contribution in [3.63, 3.8) is 0 Å². The van der Waals surface area contributed by atoms with Gasteiger partial charge in [0.2, 0.25) is 5.91 Å². The molecule has 23 heavy (non-hydrogen) atoms. The number of furan rings is 1. The Hall–Kier alpha value is -2.15. The maximum Gasteiger partial charge on any atom is 0.293 e. The fourth-order valence-corrected chi connectivity index (χ4v) is 2.79. The summed E-state index contributed by atoms with van der Waals surface area (Å²) in [7, 11) is 0. The van der Waals surface area contributed by atoms with Crippen molar-refractivity contribution < 1.29 is 14.0 Å². The van der Waals surface area contributed by atoms with Crippen molar-refractivity contribution in [3.05, 3.63) is 35.2 Å². The highest BCUT2D eigenvalue weighted by Gasteiger charge is 2.15. The summed E-state index contributed by atoms with van der Waals surface area (Å²) < 4.78 is 5.03. The number of aromatic nitrogens is 1. The largest absolute Gasteiger partial charge is 0.459 e. The first-order chi connectivity index (χ1) is 11.1. The molecule has 1 N–H and O–H groups in total. The van der Waals surface area contributed by atoms with E-state index in [0.29, 0.717) is 17.4 Å². The Labute approximate surface area is 139 Å². The van der Waals surface area contributed by atoms with Gasteiger partial charge in [0.15, 0.2) is 10.9 Å². The molecule has 2 amide bonds. The number of rotatable bonds is 8. The summed E-state index contributed by atoms with van der Waals surface area (Å²) in [5, 5.41) is 4.92. The van der Waals surface area contributed by atoms with E-state index in [2.05, 4.69) is 17.2 Å². The molecule has 124 valence electrons. The lowest BCUT2D eigenvalue weighted by Gasteiger charge is -2.20. The van der Waals surface area contributed by atoms with Crippen LogP contribution < -0.4 is 5.32 Å². The number of thiazole rings is 1. The van der Waals surface area contributed by atoms with Gasteiger partial charge >= 0.3 is 0 Å². The Bertz CT molecular complexity index is 637. The fourth-order valence-electron chi connectivity index (χ4n) is 2.09. The first-order valence-corrected chi connectivity index (χ1v) is 8.59. The topological polar surface area (TPSA) is 75.4 Å². The van der Waals surface area contributed by atoms with E-state index in [1.165, 1.54) is 17.6 Å². The lowest BCUT2D eigenvalue weighted by molar-refractivity contribution is -0.130. The summed E-state index contributed by atoms with van der Waals surface area (Å²) in [5.41, 5.74) is 0.671. The molecule has 7 heteroatoms. The van der Waals surface area contributed by atoms with Gasteiger partial charge in [0.1, 0.15) is 0 Å². The van der Waals surface area contributed by atoms with Crippen LogP contribution in [0.5, 0.6) is 0 Å². The maximum atomic E-state index is 12.3. The molecule has 0 unspecified atom stereocenters. The maximum absolute atomic E-state index is 12.3. The molecule has 0 aliphatic carbocycles. The molecular weight excluding hydrogens is 314 g/mol. The van der Waals surface area contributed by atoms with Crippen molar-refractivity contribution in [3.8, 4) is 0 Å². The van der Waals surface area contributed by atoms with Crippen LogP contribution in [0.4, 0.5) is 5.13 Å². The number of anilines is 1. The minimum absolute atomic E-state index is 0.0650. The summed E-state index contributed by atoms with van der Waals surface area (Å²) in [5.74, 6) is -0.0509. The normalized spacial score (nSPS) is 10.5. The molecule has 2 aromatic heterocycles. The lowest BCUT2D eigenvalue weighted by Crippen LogP contribution is -2.33. The average Bonchev–Trinajstić information content (AvgIpc) is 3.20. The molecule has 0 saturated carbocycles. The smallest absolute Gasteiger partial charge is 0.293 e. The summed E-state index contributed by atoms with van der Waals surface area (Å²) in [6.45, 7) is 5.56. The van der Waals surface area contributed by atoms with E-state index in [1.807, 2.05) is 11.8 Å². The molecule has 0 fully saturated rings. The van der Waals surface area contributed by atoms with Gasteiger partial charge < -0.3 is 9.32 Å². The van der Waals surface area contributed by atoms with E-state index in [0.717, 1.165) is 19.4 Å². The number of hydrogen-bond donors (Lipinski definition) is 1. The standard InChI is InChI=1S/C16H21N3O3S/c1-3-5-8-19(4-2)14(20)10-12-11-23-16(17-12)18-15(21)13-7-6-9-22-13/h6-7,9,11H,3-5,8,10H2,1-2H3,(H,17,18,21). The molecule has 0 bridgehead atoms. The lowest BCUT2D eigenvalue weighted by atomic mass is 10.2. The molecule has 0 aromatic carbocycles. The quantitative estimate of drug-likeness (QED) is 0.804. The molecule has 0 aliphatic rings. The summed E-state index contributed by atoms with van der Waals surface area (Å²) in [6, 6.07) is 3.23. The highest BCUT2D eigenvalue weighted by Crippen LogP contribution is 2.17. The number of amides is 2. The van der Waals surface area contributed by atoms with Crippen molar-refractivity contribution in [2.24, 2.45) is 0 Å². The van der Waals surface area contributed by atoms with Gasteiger partial charge in [0.25, 0.3) is 5.91 Å². The summed E-state index contributed by atoms with van der Waals surface area (Å²) in [6.07, 6.45) is 3.76. The van der Waals surface area contributed by atoms with Crippen molar-refractivity contribution in [1.82, 2.24) is 9.88 Å². The third-order valence-electron chi connectivity index (χ3n) is 3.37. The van der Waals surface area contributed by atoms with E-state index in [9.17, 15) is 9.59 Å². The monoisotopic (exact) mass is 335 g/mol. The molecule has 2 heterocycles. The van der Waals surface area contributed by atoms with Crippen LogP contribution in [0.2, 0.25) is 0 Å². The molecule has 0 spiro atoms. The molecule has 2 rings (SSSR count). The summed E-state index contributed by atoms with van der Waals surface area (Å²) in [4.78, 5) is 30.3. The van der Waals surface area contributed by atoms with Crippen LogP contribution >= 0.6 is 11.3 Å². The van der Waals surface area contributed by atoms with Crippen LogP contribution in [-0.2, 0) is 11.2 Å². The fraction of sp³-hybridized carbons (Fsp3) is 0.438. The minimum atomic E-state index is -0.347. The van der Waals surface area contributed by atoms with E-state index in [-0.39, 0.29) is 24.0 Å². The highest BCUT2D eigenvalue weighted by atomic mass is 32.1. The van der Waals surface area contributed by atoms with Gasteiger partial charge in [0.05, 0.1) is 18.4 Å². The third kappa shape index (κ3) is 4.92. The number of carbonyl (C=O) groups is 2. The van der Waals surface area contributed by atoms with Gasteiger partial charge in [0, 0.05) is 18.5 Å². The van der Waals surface area contributed by atoms with Crippen molar-refractivity contribution in [2.45, 2.75) is 33.1 Å². The van der Waals surface area contributed by atoms with Gasteiger partial charge in [-0.05, 0) is 25.5 Å². The zero-order valence-electron chi connectivity index (χ0n) is 13.4. The number of unbranched alkanes of at least 4 members (excludes halogenated alkanes) is 1. The van der Waals surface area contributed by atoms with E-state index < -0.39 is 0 Å². The van der Waals surface area contributed by atoms with E-state index in [4.69, 9.17) is 4.42 Å². The van der Waals surface area contributed by atoms with Crippen LogP contribution in [0.15, 0.2) is 28.2 Å². The minimum Gasteiger partial charge on any atom is -0.459 e. The van der Waals surface area contributed by atoms with Gasteiger partial charge in [-0.25, -0.2) is 4.98 Å². The van der Waals surface area contributed by atoms with Crippen molar-refractivity contribution in [2.75, 3.05) is 18.4 Å². The van der Waals surface area contributed by atoms with Crippen molar-refractivity contribution in [1.29, 1.82) is 0 Å². The Morgan fingerprint density at radius 1 is 1.39 bits per heavy atom. The van der Waals surface area contributed by atoms with Gasteiger partial charge in [-0.3, -0.25) is 14.9 Å². The zero-order chi connectivity index (χ0) is 16.7. The van der Waals surface area contributed by atoms with Crippen molar-refractivity contribution >= 4 is 28.3 Å². The molecule has 6 nitrogen and oxygen atoms in total. The predicted octanol–water partition coefficient (Wildman–Crippen LogP) is 3.18. The van der Waals surface area contributed by atoms with Crippen LogP contribution in [0.1, 0.15) is 42.9 Å². The van der Waals surface area contributed by atoms with Crippen LogP contribution in [-0.4, -0.2) is 34.8 Å². The van der Waals surface area contributed by atoms with Gasteiger partial charge in [-0.15, -0.1) is 11.3 Å².